The number of carbonyl (C=O) groups is 2. The number of rotatable bonds is 4. The lowest BCUT2D eigenvalue weighted by molar-refractivity contribution is -0.137. The minimum absolute atomic E-state index is 0.0558. The van der Waals surface area contributed by atoms with E-state index >= 15 is 0 Å². The normalized spacial score (nSPS) is 18.3. The number of nitrogens with zero attached hydrogens (tertiary/aromatic N) is 1. The summed E-state index contributed by atoms with van der Waals surface area (Å²) < 4.78 is 27.5. The number of hydrogen-bond donors (Lipinski definition) is 1. The first kappa shape index (κ1) is 16.4. The third-order valence-corrected chi connectivity index (χ3v) is 4.05. The smallest absolute Gasteiger partial charge is 0.303 e. The number of aryl methyl sites for hydroxylation is 1. The van der Waals surface area contributed by atoms with Crippen LogP contribution in [0.15, 0.2) is 12.1 Å². The van der Waals surface area contributed by atoms with Crippen LogP contribution in [0.3, 0.4) is 0 Å². The van der Waals surface area contributed by atoms with Crippen LogP contribution in [0.4, 0.5) is 8.78 Å². The van der Waals surface area contributed by atoms with Crippen molar-refractivity contribution in [1.82, 2.24) is 4.90 Å². The largest absolute Gasteiger partial charge is 0.481 e. The highest BCUT2D eigenvalue weighted by molar-refractivity contribution is 5.94. The number of carboxylic acids is 1. The fourth-order valence-corrected chi connectivity index (χ4v) is 2.79. The second-order valence-corrected chi connectivity index (χ2v) is 5.77. The van der Waals surface area contributed by atoms with Gasteiger partial charge in [0.25, 0.3) is 5.91 Å². The minimum Gasteiger partial charge on any atom is -0.481 e. The van der Waals surface area contributed by atoms with Crippen molar-refractivity contribution in [3.8, 4) is 0 Å². The molecule has 4 nitrogen and oxygen atoms in total. The highest BCUT2D eigenvalue weighted by Gasteiger charge is 2.27. The molecule has 120 valence electrons. The number of benzene rings is 1. The molecule has 0 saturated carbocycles. The first-order valence-electron chi connectivity index (χ1n) is 7.35. The van der Waals surface area contributed by atoms with Crippen molar-refractivity contribution in [2.45, 2.75) is 32.6 Å². The van der Waals surface area contributed by atoms with Gasteiger partial charge in [0.05, 0.1) is 5.56 Å². The van der Waals surface area contributed by atoms with Gasteiger partial charge in [-0.3, -0.25) is 9.59 Å². The molecule has 1 aliphatic rings. The summed E-state index contributed by atoms with van der Waals surface area (Å²) in [7, 11) is 0. The van der Waals surface area contributed by atoms with Gasteiger partial charge in [-0.25, -0.2) is 8.78 Å². The number of halogens is 2. The highest BCUT2D eigenvalue weighted by atomic mass is 19.1. The van der Waals surface area contributed by atoms with Gasteiger partial charge in [-0.05, 0) is 49.8 Å². The zero-order valence-corrected chi connectivity index (χ0v) is 12.4. The molecule has 1 unspecified atom stereocenters. The van der Waals surface area contributed by atoms with Crippen molar-refractivity contribution >= 4 is 11.9 Å². The van der Waals surface area contributed by atoms with Gasteiger partial charge in [0.2, 0.25) is 0 Å². The number of carboxylic acid groups (broad SMARTS) is 1. The average Bonchev–Trinajstić information content (AvgIpc) is 2.48. The van der Waals surface area contributed by atoms with Crippen LogP contribution >= 0.6 is 0 Å². The molecule has 1 aromatic rings. The monoisotopic (exact) mass is 311 g/mol. The minimum atomic E-state index is -0.866. The van der Waals surface area contributed by atoms with E-state index in [9.17, 15) is 18.4 Å². The summed E-state index contributed by atoms with van der Waals surface area (Å²) in [5.74, 6) is -2.64. The number of carbonyl (C=O) groups excluding carboxylic acids is 1. The fourth-order valence-electron chi connectivity index (χ4n) is 2.79. The lowest BCUT2D eigenvalue weighted by Gasteiger charge is -2.32. The number of piperidine rings is 1. The summed E-state index contributed by atoms with van der Waals surface area (Å²) in [6.07, 6.45) is 2.14. The molecule has 0 radical (unpaired) electrons. The lowest BCUT2D eigenvalue weighted by Crippen LogP contribution is -2.40. The molecule has 1 fully saturated rings. The summed E-state index contributed by atoms with van der Waals surface area (Å²) in [6.45, 7) is 2.31. The van der Waals surface area contributed by atoms with E-state index in [2.05, 4.69) is 0 Å². The van der Waals surface area contributed by atoms with Gasteiger partial charge in [-0.2, -0.15) is 0 Å². The van der Waals surface area contributed by atoms with Crippen LogP contribution in [0.25, 0.3) is 0 Å². The predicted molar refractivity (Wildman–Crippen MR) is 76.6 cm³/mol. The second-order valence-electron chi connectivity index (χ2n) is 5.77. The van der Waals surface area contributed by atoms with Crippen molar-refractivity contribution < 1.29 is 23.5 Å². The lowest BCUT2D eigenvalue weighted by atomic mass is 9.93. The Morgan fingerprint density at radius 1 is 1.32 bits per heavy atom. The zero-order valence-electron chi connectivity index (χ0n) is 12.4. The molecule has 1 amide bonds. The summed E-state index contributed by atoms with van der Waals surface area (Å²) in [4.78, 5) is 24.5. The summed E-state index contributed by atoms with van der Waals surface area (Å²) in [5.41, 5.74) is -0.103. The molecule has 1 heterocycles. The Hall–Kier alpha value is -1.98. The maximum absolute atomic E-state index is 13.9. The van der Waals surface area contributed by atoms with Gasteiger partial charge >= 0.3 is 5.97 Å². The van der Waals surface area contributed by atoms with Gasteiger partial charge in [0.1, 0.15) is 11.6 Å². The number of hydrogen-bond acceptors (Lipinski definition) is 2. The summed E-state index contributed by atoms with van der Waals surface area (Å²) in [6, 6.07) is 1.96. The van der Waals surface area contributed by atoms with Crippen LogP contribution < -0.4 is 0 Å². The van der Waals surface area contributed by atoms with Gasteiger partial charge in [-0.1, -0.05) is 0 Å². The Balaban J connectivity index is 2.09. The maximum Gasteiger partial charge on any atom is 0.303 e. The quantitative estimate of drug-likeness (QED) is 0.930. The maximum atomic E-state index is 13.9. The molecular weight excluding hydrogens is 292 g/mol. The molecule has 1 N–H and O–H groups in total. The fraction of sp³-hybridized carbons (Fsp3) is 0.500. The third kappa shape index (κ3) is 3.81. The molecular formula is C16H19F2NO3. The van der Waals surface area contributed by atoms with Crippen LogP contribution in [-0.4, -0.2) is 35.0 Å². The van der Waals surface area contributed by atoms with Crippen LogP contribution in [0.5, 0.6) is 0 Å². The first-order valence-corrected chi connectivity index (χ1v) is 7.35. The van der Waals surface area contributed by atoms with E-state index in [1.165, 1.54) is 11.8 Å². The van der Waals surface area contributed by atoms with E-state index in [-0.39, 0.29) is 23.5 Å². The van der Waals surface area contributed by atoms with E-state index in [4.69, 9.17) is 5.11 Å². The summed E-state index contributed by atoms with van der Waals surface area (Å²) >= 11 is 0. The second kappa shape index (κ2) is 6.85. The highest BCUT2D eigenvalue weighted by Crippen LogP contribution is 2.24. The predicted octanol–water partition coefficient (Wildman–Crippen LogP) is 2.99. The molecule has 2 rings (SSSR count). The third-order valence-electron chi connectivity index (χ3n) is 4.05. The molecule has 0 aliphatic carbocycles. The Kier molecular flexibility index (Phi) is 5.11. The zero-order chi connectivity index (χ0) is 16.3. The van der Waals surface area contributed by atoms with E-state index in [0.29, 0.717) is 19.5 Å². The summed E-state index contributed by atoms with van der Waals surface area (Å²) in [5, 5.41) is 8.72. The Morgan fingerprint density at radius 3 is 2.73 bits per heavy atom. The van der Waals surface area contributed by atoms with E-state index < -0.39 is 23.5 Å². The molecule has 0 bridgehead atoms. The molecule has 1 aromatic carbocycles. The van der Waals surface area contributed by atoms with Crippen molar-refractivity contribution in [2.24, 2.45) is 5.92 Å². The SMILES string of the molecule is Cc1cc(F)c(C(=O)N2CCCC(CCC(=O)O)C2)cc1F. The van der Waals surface area contributed by atoms with Crippen molar-refractivity contribution in [3.05, 3.63) is 34.9 Å². The number of amides is 1. The molecule has 1 saturated heterocycles. The van der Waals surface area contributed by atoms with Crippen molar-refractivity contribution in [3.63, 3.8) is 0 Å². The number of likely N-dealkylation sites (tertiary alicyclic amines) is 1. The van der Waals surface area contributed by atoms with E-state index in [1.54, 1.807) is 0 Å². The standard InChI is InChI=1S/C16H19F2NO3/c1-10-7-14(18)12(8-13(10)17)16(22)19-6-2-3-11(9-19)4-5-15(20)21/h7-8,11H,2-6,9H2,1H3,(H,20,21). The topological polar surface area (TPSA) is 57.6 Å². The van der Waals surface area contributed by atoms with Crippen molar-refractivity contribution in [2.75, 3.05) is 13.1 Å². The molecule has 22 heavy (non-hydrogen) atoms. The van der Waals surface area contributed by atoms with Crippen LogP contribution in [0, 0.1) is 24.5 Å². The average molecular weight is 311 g/mol. The molecule has 1 aliphatic heterocycles. The van der Waals surface area contributed by atoms with Gasteiger partial charge < -0.3 is 10.0 Å². The van der Waals surface area contributed by atoms with E-state index in [1.807, 2.05) is 0 Å². The van der Waals surface area contributed by atoms with Crippen LogP contribution in [0.2, 0.25) is 0 Å². The van der Waals surface area contributed by atoms with Crippen molar-refractivity contribution in [1.29, 1.82) is 0 Å². The van der Waals surface area contributed by atoms with E-state index in [0.717, 1.165) is 25.0 Å². The Labute approximate surface area is 127 Å². The molecule has 0 aromatic heterocycles. The Morgan fingerprint density at radius 2 is 2.05 bits per heavy atom. The molecule has 6 heteroatoms. The van der Waals surface area contributed by atoms with Gasteiger partial charge in [0, 0.05) is 19.5 Å². The number of aliphatic carboxylic acids is 1. The van der Waals surface area contributed by atoms with Crippen LogP contribution in [0.1, 0.15) is 41.6 Å². The first-order chi connectivity index (χ1) is 10.4. The van der Waals surface area contributed by atoms with Gasteiger partial charge in [0.15, 0.2) is 0 Å². The van der Waals surface area contributed by atoms with Gasteiger partial charge in [-0.15, -0.1) is 0 Å². The molecule has 1 atom stereocenters. The van der Waals surface area contributed by atoms with Crippen LogP contribution in [-0.2, 0) is 4.79 Å². The Bertz CT molecular complexity index is 589. The molecule has 0 spiro atoms.